The number of nitrogens with zero attached hydrogens (tertiary/aromatic N) is 2. The Morgan fingerprint density at radius 1 is 1.07 bits per heavy atom. The molecular weight excluding hydrogens is 384 g/mol. The summed E-state index contributed by atoms with van der Waals surface area (Å²) in [5.74, 6) is -0.444. The van der Waals surface area contributed by atoms with Gasteiger partial charge >= 0.3 is 0 Å². The molecule has 0 spiro atoms. The van der Waals surface area contributed by atoms with Crippen LogP contribution in [-0.2, 0) is 0 Å². The lowest BCUT2D eigenvalue weighted by atomic mass is 10.1. The molecule has 0 saturated heterocycles. The Hall–Kier alpha value is -3.45. The van der Waals surface area contributed by atoms with Crippen molar-refractivity contribution in [3.05, 3.63) is 70.7 Å². The number of nitrogens with one attached hydrogen (secondary N) is 2. The molecule has 6 nitrogen and oxygen atoms in total. The predicted molar refractivity (Wildman–Crippen MR) is 117 cm³/mol. The molecule has 0 saturated carbocycles. The van der Waals surface area contributed by atoms with Crippen LogP contribution in [0.1, 0.15) is 26.4 Å². The van der Waals surface area contributed by atoms with Gasteiger partial charge in [0, 0.05) is 52.8 Å². The number of aromatic amines is 1. The summed E-state index contributed by atoms with van der Waals surface area (Å²) in [7, 11) is 3.36. The highest BCUT2D eigenvalue weighted by Crippen LogP contribution is 2.33. The molecule has 4 rings (SSSR count). The Labute approximate surface area is 172 Å². The Balaban J connectivity index is 1.58. The predicted octanol–water partition coefficient (Wildman–Crippen LogP) is 4.55. The van der Waals surface area contributed by atoms with Crippen LogP contribution >= 0.6 is 11.3 Å². The quantitative estimate of drug-likeness (QED) is 0.524. The second kappa shape index (κ2) is 7.52. The fourth-order valence-corrected chi connectivity index (χ4v) is 3.97. The number of aryl methyl sites for hydroxylation is 1. The molecule has 0 aliphatic rings. The molecule has 0 aliphatic heterocycles. The van der Waals surface area contributed by atoms with Crippen LogP contribution in [0, 0.1) is 6.92 Å². The van der Waals surface area contributed by atoms with E-state index in [1.54, 1.807) is 38.4 Å². The first kappa shape index (κ1) is 18.9. The van der Waals surface area contributed by atoms with Gasteiger partial charge in [0.05, 0.1) is 5.69 Å². The highest BCUT2D eigenvalue weighted by Gasteiger charge is 2.16. The van der Waals surface area contributed by atoms with Crippen molar-refractivity contribution in [2.45, 2.75) is 6.92 Å². The standard InChI is InChI=1S/C22H20N4O2S/c1-13-19(16-9-4-5-10-17(16)23-13)18-12-29-22(24-18)25-20(27)14-7-6-8-15(11-14)21(28)26(2)3/h4-12,23H,1-3H3,(H,24,25,27). The number of carbonyl (C=O) groups excluding carboxylic acids is 2. The summed E-state index contributed by atoms with van der Waals surface area (Å²) in [6.07, 6.45) is 0. The summed E-state index contributed by atoms with van der Waals surface area (Å²) in [6.45, 7) is 2.01. The second-order valence-electron chi connectivity index (χ2n) is 6.94. The summed E-state index contributed by atoms with van der Waals surface area (Å²) < 4.78 is 0. The van der Waals surface area contributed by atoms with Crippen molar-refractivity contribution >= 4 is 39.2 Å². The first-order valence-corrected chi connectivity index (χ1v) is 9.98. The van der Waals surface area contributed by atoms with Crippen LogP contribution in [0.4, 0.5) is 5.13 Å². The third kappa shape index (κ3) is 3.64. The molecular formula is C22H20N4O2S. The first-order chi connectivity index (χ1) is 13.9. The van der Waals surface area contributed by atoms with Crippen LogP contribution in [-0.4, -0.2) is 40.8 Å². The zero-order chi connectivity index (χ0) is 20.5. The number of fused-ring (bicyclic) bond motifs is 1. The number of thiazole rings is 1. The van der Waals surface area contributed by atoms with E-state index in [4.69, 9.17) is 0 Å². The molecule has 2 aromatic carbocycles. The van der Waals surface area contributed by atoms with Crippen molar-refractivity contribution in [3.63, 3.8) is 0 Å². The van der Waals surface area contributed by atoms with Crippen LogP contribution < -0.4 is 5.32 Å². The van der Waals surface area contributed by atoms with E-state index in [-0.39, 0.29) is 11.8 Å². The van der Waals surface area contributed by atoms with E-state index in [0.29, 0.717) is 16.3 Å². The number of hydrogen-bond donors (Lipinski definition) is 2. The molecule has 0 bridgehead atoms. The van der Waals surface area contributed by atoms with E-state index in [9.17, 15) is 9.59 Å². The molecule has 0 aliphatic carbocycles. The van der Waals surface area contributed by atoms with Crippen molar-refractivity contribution in [1.29, 1.82) is 0 Å². The number of amides is 2. The van der Waals surface area contributed by atoms with Crippen molar-refractivity contribution in [3.8, 4) is 11.3 Å². The monoisotopic (exact) mass is 404 g/mol. The number of rotatable bonds is 4. The number of hydrogen-bond acceptors (Lipinski definition) is 4. The van der Waals surface area contributed by atoms with Gasteiger partial charge in [0.15, 0.2) is 5.13 Å². The Kier molecular flexibility index (Phi) is 4.90. The van der Waals surface area contributed by atoms with E-state index in [2.05, 4.69) is 21.4 Å². The van der Waals surface area contributed by atoms with Crippen LogP contribution in [0.2, 0.25) is 0 Å². The normalized spacial score (nSPS) is 10.9. The van der Waals surface area contributed by atoms with E-state index in [0.717, 1.165) is 27.9 Å². The number of H-pyrrole nitrogens is 1. The number of aromatic nitrogens is 2. The minimum absolute atomic E-state index is 0.147. The third-order valence-electron chi connectivity index (χ3n) is 4.65. The van der Waals surface area contributed by atoms with Gasteiger partial charge in [-0.25, -0.2) is 4.98 Å². The minimum Gasteiger partial charge on any atom is -0.358 e. The van der Waals surface area contributed by atoms with Crippen LogP contribution in [0.15, 0.2) is 53.9 Å². The summed E-state index contributed by atoms with van der Waals surface area (Å²) in [4.78, 5) is 34.2. The lowest BCUT2D eigenvalue weighted by Crippen LogP contribution is -2.22. The molecule has 2 N–H and O–H groups in total. The van der Waals surface area contributed by atoms with Gasteiger partial charge in [0.2, 0.25) is 0 Å². The van der Waals surface area contributed by atoms with E-state index < -0.39 is 0 Å². The summed E-state index contributed by atoms with van der Waals surface area (Å²) in [5.41, 5.74) is 4.83. The van der Waals surface area contributed by atoms with E-state index in [1.165, 1.54) is 16.2 Å². The maximum atomic E-state index is 12.7. The average Bonchev–Trinajstić information content (AvgIpc) is 3.30. The molecule has 0 atom stereocenters. The van der Waals surface area contributed by atoms with Crippen LogP contribution in [0.3, 0.4) is 0 Å². The van der Waals surface area contributed by atoms with Crippen molar-refractivity contribution in [2.75, 3.05) is 19.4 Å². The Morgan fingerprint density at radius 3 is 2.62 bits per heavy atom. The molecule has 4 aromatic rings. The van der Waals surface area contributed by atoms with E-state index >= 15 is 0 Å². The van der Waals surface area contributed by atoms with Crippen molar-refractivity contribution < 1.29 is 9.59 Å². The number of carbonyl (C=O) groups is 2. The molecule has 2 amide bonds. The SMILES string of the molecule is Cc1[nH]c2ccccc2c1-c1csc(NC(=O)c2cccc(C(=O)N(C)C)c2)n1. The van der Waals surface area contributed by atoms with Crippen molar-refractivity contribution in [1.82, 2.24) is 14.9 Å². The number of anilines is 1. The van der Waals surface area contributed by atoms with Gasteiger partial charge < -0.3 is 9.88 Å². The van der Waals surface area contributed by atoms with Crippen LogP contribution in [0.5, 0.6) is 0 Å². The maximum absolute atomic E-state index is 12.7. The molecule has 2 heterocycles. The minimum atomic E-state index is -0.296. The van der Waals surface area contributed by atoms with Gasteiger partial charge in [-0.05, 0) is 31.2 Å². The smallest absolute Gasteiger partial charge is 0.257 e. The lowest BCUT2D eigenvalue weighted by Gasteiger charge is -2.10. The average molecular weight is 404 g/mol. The summed E-state index contributed by atoms with van der Waals surface area (Å²) >= 11 is 1.37. The molecule has 7 heteroatoms. The first-order valence-electron chi connectivity index (χ1n) is 9.10. The third-order valence-corrected chi connectivity index (χ3v) is 5.41. The Bertz CT molecular complexity index is 1220. The highest BCUT2D eigenvalue weighted by molar-refractivity contribution is 7.14. The molecule has 2 aromatic heterocycles. The molecule has 146 valence electrons. The zero-order valence-corrected chi connectivity index (χ0v) is 17.1. The highest BCUT2D eigenvalue weighted by atomic mass is 32.1. The van der Waals surface area contributed by atoms with E-state index in [1.807, 2.05) is 30.5 Å². The van der Waals surface area contributed by atoms with Gasteiger partial charge in [-0.15, -0.1) is 11.3 Å². The summed E-state index contributed by atoms with van der Waals surface area (Å²) in [5, 5.41) is 6.38. The van der Waals surface area contributed by atoms with Gasteiger partial charge in [0.1, 0.15) is 0 Å². The largest absolute Gasteiger partial charge is 0.358 e. The fraction of sp³-hybridized carbons (Fsp3) is 0.136. The topological polar surface area (TPSA) is 78.1 Å². The van der Waals surface area contributed by atoms with Crippen molar-refractivity contribution in [2.24, 2.45) is 0 Å². The van der Waals surface area contributed by atoms with Gasteiger partial charge in [-0.1, -0.05) is 24.3 Å². The fourth-order valence-electron chi connectivity index (χ4n) is 3.27. The van der Waals surface area contributed by atoms with Crippen LogP contribution in [0.25, 0.3) is 22.2 Å². The van der Waals surface area contributed by atoms with Gasteiger partial charge in [-0.2, -0.15) is 0 Å². The molecule has 0 unspecified atom stereocenters. The molecule has 29 heavy (non-hydrogen) atoms. The molecule has 0 fully saturated rings. The lowest BCUT2D eigenvalue weighted by molar-refractivity contribution is 0.0827. The molecule has 0 radical (unpaired) electrons. The number of benzene rings is 2. The number of para-hydroxylation sites is 1. The Morgan fingerprint density at radius 2 is 1.83 bits per heavy atom. The summed E-state index contributed by atoms with van der Waals surface area (Å²) in [6, 6.07) is 14.7. The van der Waals surface area contributed by atoms with Gasteiger partial charge in [-0.3, -0.25) is 14.9 Å². The zero-order valence-electron chi connectivity index (χ0n) is 16.3. The second-order valence-corrected chi connectivity index (χ2v) is 7.80. The van der Waals surface area contributed by atoms with Gasteiger partial charge in [0.25, 0.3) is 11.8 Å². The maximum Gasteiger partial charge on any atom is 0.257 e.